The fraction of sp³-hybridized carbons (Fsp3) is 0.367. The number of nitrogens with zero attached hydrogens (tertiary/aromatic N) is 4. The maximum Gasteiger partial charge on any atom is 0.341 e. The predicted octanol–water partition coefficient (Wildman–Crippen LogP) is 4.42. The second kappa shape index (κ2) is 9.27. The van der Waals surface area contributed by atoms with Gasteiger partial charge in [-0.15, -0.1) is 0 Å². The zero-order chi connectivity index (χ0) is 26.7. The summed E-state index contributed by atoms with van der Waals surface area (Å²) >= 11 is 0. The number of anilines is 2. The Hall–Kier alpha value is -4.11. The summed E-state index contributed by atoms with van der Waals surface area (Å²) in [7, 11) is 1.70. The number of carbonyl (C=O) groups is 1. The lowest BCUT2D eigenvalue weighted by Gasteiger charge is -2.21. The molecule has 3 atom stereocenters. The van der Waals surface area contributed by atoms with Gasteiger partial charge in [-0.05, 0) is 60.9 Å². The van der Waals surface area contributed by atoms with Crippen LogP contribution < -0.4 is 15.2 Å². The third kappa shape index (κ3) is 4.27. The van der Waals surface area contributed by atoms with Gasteiger partial charge in [0.2, 0.25) is 0 Å². The van der Waals surface area contributed by atoms with Crippen LogP contribution in [0.1, 0.15) is 29.6 Å². The van der Waals surface area contributed by atoms with E-state index in [4.69, 9.17) is 14.1 Å². The van der Waals surface area contributed by atoms with Gasteiger partial charge in [0.1, 0.15) is 11.1 Å². The fourth-order valence-corrected chi connectivity index (χ4v) is 6.21. The van der Waals surface area contributed by atoms with E-state index in [-0.39, 0.29) is 11.6 Å². The van der Waals surface area contributed by atoms with E-state index in [0.717, 1.165) is 49.9 Å². The molecule has 2 saturated heterocycles. The molecule has 1 saturated carbocycles. The molecule has 0 amide bonds. The van der Waals surface area contributed by atoms with Crippen molar-refractivity contribution in [3.63, 3.8) is 0 Å². The van der Waals surface area contributed by atoms with Gasteiger partial charge in [-0.1, -0.05) is 12.1 Å². The molecule has 0 spiro atoms. The van der Waals surface area contributed by atoms with E-state index in [1.807, 2.05) is 30.3 Å². The van der Waals surface area contributed by atoms with Crippen molar-refractivity contribution in [1.82, 2.24) is 9.55 Å². The minimum atomic E-state index is -1.26. The molecule has 3 aliphatic rings. The van der Waals surface area contributed by atoms with Crippen molar-refractivity contribution >= 4 is 28.8 Å². The summed E-state index contributed by atoms with van der Waals surface area (Å²) in [5.74, 6) is 0.409. The molecule has 3 fully saturated rings. The molecule has 7 rings (SSSR count). The number of pyridine rings is 1. The van der Waals surface area contributed by atoms with Gasteiger partial charge in [0.25, 0.3) is 6.01 Å². The average Bonchev–Trinajstić information content (AvgIpc) is 3.30. The number of aromatic carboxylic acids is 1. The van der Waals surface area contributed by atoms with Crippen molar-refractivity contribution in [2.75, 3.05) is 43.2 Å². The maximum atomic E-state index is 12.8. The zero-order valence-corrected chi connectivity index (χ0v) is 21.7. The summed E-state index contributed by atoms with van der Waals surface area (Å²) < 4.78 is 13.3. The number of ether oxygens (including phenoxy) is 1. The lowest BCUT2D eigenvalue weighted by atomic mass is 10.1. The molecule has 0 radical (unpaired) electrons. The molecule has 9 nitrogen and oxygen atoms in total. The highest BCUT2D eigenvalue weighted by Crippen LogP contribution is 2.46. The second-order valence-electron chi connectivity index (χ2n) is 10.9. The summed E-state index contributed by atoms with van der Waals surface area (Å²) in [5, 5.41) is 9.68. The van der Waals surface area contributed by atoms with Crippen LogP contribution in [0, 0.1) is 11.8 Å². The molecule has 3 unspecified atom stereocenters. The number of aromatic nitrogens is 2. The highest BCUT2D eigenvalue weighted by molar-refractivity contribution is 5.88. The Morgan fingerprint density at radius 3 is 2.62 bits per heavy atom. The van der Waals surface area contributed by atoms with E-state index < -0.39 is 11.4 Å². The first kappa shape index (κ1) is 24.0. The smallest absolute Gasteiger partial charge is 0.341 e. The first-order chi connectivity index (χ1) is 19.0. The number of fused-ring (bicyclic) bond motifs is 2. The van der Waals surface area contributed by atoms with Crippen LogP contribution in [-0.4, -0.2) is 60.0 Å². The Morgan fingerprint density at radius 1 is 1.10 bits per heavy atom. The number of carboxylic acid groups (broad SMARTS) is 1. The van der Waals surface area contributed by atoms with Crippen molar-refractivity contribution in [3.05, 3.63) is 70.5 Å². The first-order valence-corrected chi connectivity index (χ1v) is 13.5. The molecule has 1 N–H and O–H groups in total. The van der Waals surface area contributed by atoms with Crippen molar-refractivity contribution in [2.24, 2.45) is 11.8 Å². The van der Waals surface area contributed by atoms with Gasteiger partial charge in [0, 0.05) is 56.4 Å². The van der Waals surface area contributed by atoms with Crippen molar-refractivity contribution in [3.8, 4) is 16.9 Å². The molecule has 1 aliphatic carbocycles. The molecule has 2 aliphatic heterocycles. The maximum absolute atomic E-state index is 12.8. The molecule has 4 heterocycles. The third-order valence-corrected chi connectivity index (χ3v) is 8.41. The summed E-state index contributed by atoms with van der Waals surface area (Å²) in [6, 6.07) is 15.9. The minimum absolute atomic E-state index is 0.223. The van der Waals surface area contributed by atoms with E-state index in [1.54, 1.807) is 11.7 Å². The fourth-order valence-electron chi connectivity index (χ4n) is 6.21. The highest BCUT2D eigenvalue weighted by Gasteiger charge is 2.45. The van der Waals surface area contributed by atoms with E-state index >= 15 is 0 Å². The summed E-state index contributed by atoms with van der Waals surface area (Å²) in [5.41, 5.74) is 3.78. The van der Waals surface area contributed by atoms with E-state index in [0.29, 0.717) is 35.1 Å². The van der Waals surface area contributed by atoms with Gasteiger partial charge >= 0.3 is 5.97 Å². The van der Waals surface area contributed by atoms with Gasteiger partial charge in [0.05, 0.1) is 18.3 Å². The van der Waals surface area contributed by atoms with Crippen LogP contribution in [-0.2, 0) is 4.74 Å². The molecular formula is C30H30N4O5. The lowest BCUT2D eigenvalue weighted by Crippen LogP contribution is -2.32. The topological polar surface area (TPSA) is 101 Å². The van der Waals surface area contributed by atoms with E-state index in [1.165, 1.54) is 24.4 Å². The standard InChI is InChI=1S/C30H30N4O5/c1-38-17-23-3-2-10-33(23)30-31-25-9-8-22(12-28(25)39-30)34-16-24(29(36)37)27(35)13-26(34)18-4-6-21(7-5-18)32-14-19-11-20(19)15-32/h4-9,12-13,16,19-20,23H,2-3,10-11,14-15,17H2,1H3,(H,36,37). The molecule has 0 bridgehead atoms. The van der Waals surface area contributed by atoms with Gasteiger partial charge in [0.15, 0.2) is 11.0 Å². The lowest BCUT2D eigenvalue weighted by molar-refractivity contribution is 0.0695. The molecule has 2 aromatic heterocycles. The zero-order valence-electron chi connectivity index (χ0n) is 21.7. The number of hydrogen-bond acceptors (Lipinski definition) is 7. The Balaban J connectivity index is 1.27. The van der Waals surface area contributed by atoms with Gasteiger partial charge in [-0.3, -0.25) is 4.79 Å². The quantitative estimate of drug-likeness (QED) is 0.378. The normalized spacial score (nSPS) is 22.0. The molecule has 4 aromatic rings. The number of hydrogen-bond donors (Lipinski definition) is 1. The number of carboxylic acids is 1. The molecule has 2 aromatic carbocycles. The Kier molecular flexibility index (Phi) is 5.70. The Morgan fingerprint density at radius 2 is 1.87 bits per heavy atom. The Bertz CT molecular complexity index is 1610. The van der Waals surface area contributed by atoms with Crippen molar-refractivity contribution < 1.29 is 19.1 Å². The summed E-state index contributed by atoms with van der Waals surface area (Å²) in [6.45, 7) is 3.67. The molecule has 39 heavy (non-hydrogen) atoms. The van der Waals surface area contributed by atoms with Crippen LogP contribution >= 0.6 is 0 Å². The SMILES string of the molecule is COCC1CCCN1c1nc2ccc(-n3cc(C(=O)O)c(=O)cc3-c3ccc(N4CC5CC5C4)cc3)cc2o1. The summed E-state index contributed by atoms with van der Waals surface area (Å²) in [4.78, 5) is 33.9. The Labute approximate surface area is 225 Å². The number of piperidine rings is 1. The molecule has 9 heteroatoms. The van der Waals surface area contributed by atoms with Crippen molar-refractivity contribution in [1.29, 1.82) is 0 Å². The van der Waals surface area contributed by atoms with E-state index in [9.17, 15) is 14.7 Å². The van der Waals surface area contributed by atoms with Crippen LogP contribution in [0.2, 0.25) is 0 Å². The van der Waals surface area contributed by atoms with Crippen molar-refractivity contribution in [2.45, 2.75) is 25.3 Å². The number of oxazole rings is 1. The van der Waals surface area contributed by atoms with Gasteiger partial charge < -0.3 is 28.6 Å². The highest BCUT2D eigenvalue weighted by atomic mass is 16.5. The minimum Gasteiger partial charge on any atom is -0.477 e. The van der Waals surface area contributed by atoms with Crippen LogP contribution in [0.25, 0.3) is 28.0 Å². The number of methoxy groups -OCH3 is 1. The number of benzene rings is 2. The predicted molar refractivity (Wildman–Crippen MR) is 148 cm³/mol. The average molecular weight is 527 g/mol. The van der Waals surface area contributed by atoms with E-state index in [2.05, 4.69) is 21.9 Å². The molecule has 200 valence electrons. The van der Waals surface area contributed by atoms with Gasteiger partial charge in [-0.2, -0.15) is 4.98 Å². The van der Waals surface area contributed by atoms with Crippen LogP contribution in [0.4, 0.5) is 11.7 Å². The summed E-state index contributed by atoms with van der Waals surface area (Å²) in [6.07, 6.45) is 4.82. The second-order valence-corrected chi connectivity index (χ2v) is 10.9. The van der Waals surface area contributed by atoms with Crippen LogP contribution in [0.3, 0.4) is 0 Å². The van der Waals surface area contributed by atoms with Crippen LogP contribution in [0.5, 0.6) is 0 Å². The third-order valence-electron chi connectivity index (χ3n) is 8.41. The largest absolute Gasteiger partial charge is 0.477 e. The van der Waals surface area contributed by atoms with Crippen LogP contribution in [0.15, 0.2) is 63.9 Å². The molecular weight excluding hydrogens is 496 g/mol. The number of rotatable bonds is 7. The monoisotopic (exact) mass is 526 g/mol. The first-order valence-electron chi connectivity index (χ1n) is 13.5. The van der Waals surface area contributed by atoms with Gasteiger partial charge in [-0.25, -0.2) is 4.79 Å².